The lowest BCUT2D eigenvalue weighted by molar-refractivity contribution is -0.329. The van der Waals surface area contributed by atoms with Gasteiger partial charge in [-0.15, -0.1) is 0 Å². The van der Waals surface area contributed by atoms with E-state index in [2.05, 4.69) is 30.2 Å². The summed E-state index contributed by atoms with van der Waals surface area (Å²) in [5.41, 5.74) is 9.81. The van der Waals surface area contributed by atoms with Crippen LogP contribution < -0.4 is 11.1 Å². The number of nitriles is 1. The monoisotopic (exact) mass is 676 g/mol. The number of benzene rings is 1. The van der Waals surface area contributed by atoms with Crippen LogP contribution >= 0.6 is 0 Å². The van der Waals surface area contributed by atoms with E-state index in [1.54, 1.807) is 29.0 Å². The van der Waals surface area contributed by atoms with Crippen LogP contribution in [0, 0.1) is 11.3 Å². The minimum Gasteiger partial charge on any atom is -0.382 e. The lowest BCUT2D eigenvalue weighted by atomic mass is 10.0. The van der Waals surface area contributed by atoms with E-state index in [9.17, 15) is 19.4 Å². The summed E-state index contributed by atoms with van der Waals surface area (Å²) in [6.07, 6.45) is 6.98. The molecule has 0 amide bonds. The van der Waals surface area contributed by atoms with Crippen LogP contribution in [-0.4, -0.2) is 93.1 Å². The Hall–Kier alpha value is -6.15. The summed E-state index contributed by atoms with van der Waals surface area (Å²) in [6.45, 7) is 2.50. The summed E-state index contributed by atoms with van der Waals surface area (Å²) in [5.74, 6) is 1.35. The van der Waals surface area contributed by atoms with E-state index < -0.39 is 6.16 Å². The third-order valence-corrected chi connectivity index (χ3v) is 8.17. The maximum Gasteiger partial charge on any atom is 0.407 e. The fraction of sp³-hybridized carbons (Fsp3) is 0.235. The Kier molecular flexibility index (Phi) is 9.81. The summed E-state index contributed by atoms with van der Waals surface area (Å²) in [7, 11) is 1.12. The number of carbonyl (C=O) groups excluding carboxylic acids is 1. The van der Waals surface area contributed by atoms with Crippen molar-refractivity contribution in [3.05, 3.63) is 96.5 Å². The van der Waals surface area contributed by atoms with Crippen LogP contribution in [0.5, 0.6) is 0 Å². The number of halogens is 1. The molecule has 0 radical (unpaired) electrons. The molecule has 254 valence electrons. The first-order valence-electron chi connectivity index (χ1n) is 15.6. The van der Waals surface area contributed by atoms with Crippen LogP contribution in [0.25, 0.3) is 33.9 Å². The number of aromatic nitrogens is 7. The van der Waals surface area contributed by atoms with Gasteiger partial charge in [0.2, 0.25) is 5.82 Å². The number of aldehydes is 1. The first kappa shape index (κ1) is 33.7. The van der Waals surface area contributed by atoms with E-state index >= 15 is 0 Å². The number of anilines is 2. The van der Waals surface area contributed by atoms with Gasteiger partial charge in [-0.25, -0.2) is 29.9 Å². The number of allylic oxidation sites excluding steroid dienone is 3. The molecule has 50 heavy (non-hydrogen) atoms. The van der Waals surface area contributed by atoms with Gasteiger partial charge in [0.1, 0.15) is 29.4 Å². The van der Waals surface area contributed by atoms with Gasteiger partial charge in [0.05, 0.1) is 5.69 Å². The molecule has 5 N–H and O–H groups in total. The van der Waals surface area contributed by atoms with Gasteiger partial charge < -0.3 is 26.2 Å². The van der Waals surface area contributed by atoms with Gasteiger partial charge in [0.25, 0.3) is 0 Å². The molecule has 5 aromatic rings. The van der Waals surface area contributed by atoms with E-state index in [-0.39, 0.29) is 23.3 Å². The Balaban J connectivity index is 1.28. The molecule has 1 aromatic carbocycles. The van der Waals surface area contributed by atoms with E-state index in [1.165, 1.54) is 24.5 Å². The molecule has 16 heteroatoms. The number of hydrogen-bond acceptors (Lipinski definition) is 14. The number of nitrogen functional groups attached to an aromatic ring is 1. The minimum atomic E-state index is -3.64. The molecule has 0 saturated carbocycles. The second-order valence-corrected chi connectivity index (χ2v) is 11.6. The molecular formula is C34H33FN12O3. The predicted molar refractivity (Wildman–Crippen MR) is 182 cm³/mol. The number of piperidine rings is 1. The highest BCUT2D eigenvalue weighted by molar-refractivity contribution is 5.85. The highest BCUT2D eigenvalue weighted by Gasteiger charge is 2.27. The van der Waals surface area contributed by atoms with Crippen molar-refractivity contribution < 1.29 is 19.4 Å². The van der Waals surface area contributed by atoms with Crippen LogP contribution in [0.1, 0.15) is 29.9 Å². The molecule has 1 saturated heterocycles. The molecule has 4 aromatic heterocycles. The molecule has 0 aliphatic carbocycles. The largest absolute Gasteiger partial charge is 0.407 e. The number of fused-ring (bicyclic) bond motifs is 1. The first-order chi connectivity index (χ1) is 24.1. The quantitative estimate of drug-likeness (QED) is 0.0522. The van der Waals surface area contributed by atoms with Gasteiger partial charge in [-0.05, 0) is 60.9 Å². The number of aliphatic hydroxyl groups is 2. The lowest BCUT2D eigenvalue weighted by Crippen LogP contribution is -2.38. The Labute approximate surface area is 285 Å². The SMILES string of the molecule is CN(/C=C(\C=C/C=O)c1ccc2nc(-c3nccnc3N)n(-c3ccc(CN4CCC(Nc5ccnc(C#N)n5)CC4)cc3)c2n1)C(O)(O)F. The van der Waals surface area contributed by atoms with Gasteiger partial charge in [0.15, 0.2) is 17.3 Å². The highest BCUT2D eigenvalue weighted by atomic mass is 19.2. The molecule has 0 bridgehead atoms. The fourth-order valence-corrected chi connectivity index (χ4v) is 5.62. The molecule has 0 spiro atoms. The number of likely N-dealkylation sites (tertiary alicyclic amines) is 1. The zero-order valence-corrected chi connectivity index (χ0v) is 26.9. The predicted octanol–water partition coefficient (Wildman–Crippen LogP) is 2.79. The van der Waals surface area contributed by atoms with Crippen molar-refractivity contribution in [1.82, 2.24) is 44.3 Å². The van der Waals surface area contributed by atoms with Crippen molar-refractivity contribution in [2.24, 2.45) is 0 Å². The van der Waals surface area contributed by atoms with E-state index in [4.69, 9.17) is 21.0 Å². The summed E-state index contributed by atoms with van der Waals surface area (Å²) in [4.78, 5) is 40.4. The van der Waals surface area contributed by atoms with E-state index in [1.807, 2.05) is 30.3 Å². The van der Waals surface area contributed by atoms with Crippen molar-refractivity contribution in [2.45, 2.75) is 31.6 Å². The van der Waals surface area contributed by atoms with Crippen molar-refractivity contribution in [3.8, 4) is 23.3 Å². The smallest absolute Gasteiger partial charge is 0.382 e. The average molecular weight is 677 g/mol. The van der Waals surface area contributed by atoms with Gasteiger partial charge in [-0.2, -0.15) is 9.65 Å². The van der Waals surface area contributed by atoms with Crippen molar-refractivity contribution >= 4 is 34.7 Å². The number of nitrogens with two attached hydrogens (primary N) is 1. The number of pyridine rings is 1. The number of imidazole rings is 1. The number of carbonyl (C=O) groups is 1. The molecule has 5 heterocycles. The zero-order chi connectivity index (χ0) is 35.3. The third-order valence-electron chi connectivity index (χ3n) is 8.17. The fourth-order valence-electron chi connectivity index (χ4n) is 5.62. The van der Waals surface area contributed by atoms with Crippen molar-refractivity contribution in [2.75, 3.05) is 31.2 Å². The van der Waals surface area contributed by atoms with Gasteiger partial charge in [0, 0.05) is 68.8 Å². The van der Waals surface area contributed by atoms with Crippen molar-refractivity contribution in [3.63, 3.8) is 0 Å². The third kappa shape index (κ3) is 7.60. The van der Waals surface area contributed by atoms with Crippen LogP contribution in [0.15, 0.2) is 79.4 Å². The molecule has 0 unspecified atom stereocenters. The Morgan fingerprint density at radius 3 is 2.54 bits per heavy atom. The number of rotatable bonds is 11. The van der Waals surface area contributed by atoms with Crippen LogP contribution in [0.3, 0.4) is 0 Å². The van der Waals surface area contributed by atoms with Crippen molar-refractivity contribution in [1.29, 1.82) is 5.26 Å². The number of alkyl halides is 1. The van der Waals surface area contributed by atoms with Crippen LogP contribution in [0.2, 0.25) is 0 Å². The molecule has 1 aliphatic heterocycles. The number of nitrogens with zero attached hydrogens (tertiary/aromatic N) is 10. The first-order valence-corrected chi connectivity index (χ1v) is 15.6. The second-order valence-electron chi connectivity index (χ2n) is 11.6. The Morgan fingerprint density at radius 1 is 1.08 bits per heavy atom. The molecule has 15 nitrogen and oxygen atoms in total. The van der Waals surface area contributed by atoms with Crippen LogP contribution in [-0.2, 0) is 11.3 Å². The molecular weight excluding hydrogens is 643 g/mol. The normalized spacial score (nSPS) is 14.6. The molecule has 1 aliphatic rings. The zero-order valence-electron chi connectivity index (χ0n) is 26.9. The van der Waals surface area contributed by atoms with Gasteiger partial charge >= 0.3 is 6.16 Å². The maximum atomic E-state index is 13.9. The Bertz CT molecular complexity index is 2100. The minimum absolute atomic E-state index is 0.138. The van der Waals surface area contributed by atoms with Crippen LogP contribution in [0.4, 0.5) is 16.0 Å². The Morgan fingerprint density at radius 2 is 1.84 bits per heavy atom. The molecule has 0 atom stereocenters. The second kappa shape index (κ2) is 14.5. The number of nitrogens with one attached hydrogen (secondary N) is 1. The highest BCUT2D eigenvalue weighted by Crippen LogP contribution is 2.31. The van der Waals surface area contributed by atoms with Gasteiger partial charge in [-0.3, -0.25) is 14.3 Å². The average Bonchev–Trinajstić information content (AvgIpc) is 3.49. The summed E-state index contributed by atoms with van der Waals surface area (Å²) < 4.78 is 15.7. The molecule has 1 fully saturated rings. The number of hydrogen-bond donors (Lipinski definition) is 4. The van der Waals surface area contributed by atoms with E-state index in [0.717, 1.165) is 51.3 Å². The van der Waals surface area contributed by atoms with Gasteiger partial charge in [-0.1, -0.05) is 12.1 Å². The summed E-state index contributed by atoms with van der Waals surface area (Å²) in [5, 5.41) is 31.4. The standard InChI is InChI=1S/C34H33FN12O3/c1-45(34(35,49)50)21-23(3-2-18-48)26-8-9-27-32(42-26)47(33(43-27)30-31(37)40-15-14-39-30)25-6-4-22(5-7-25)20-46-16-11-24(12-17-46)41-28-10-13-38-29(19-36)44-28/h2-10,13-15,18,21,24,49-50H,11-12,16-17,20H2,1H3,(H2,37,40)(H,38,41,44)/b3-2-,23-21+. The lowest BCUT2D eigenvalue weighted by Gasteiger charge is -2.32. The maximum absolute atomic E-state index is 13.9. The molecule has 6 rings (SSSR count). The van der Waals surface area contributed by atoms with E-state index in [0.29, 0.717) is 51.1 Å². The summed E-state index contributed by atoms with van der Waals surface area (Å²) >= 11 is 0. The summed E-state index contributed by atoms with van der Waals surface area (Å²) in [6, 6.07) is 15.2. The topological polar surface area (TPSA) is 208 Å².